The van der Waals surface area contributed by atoms with E-state index in [1.807, 2.05) is 0 Å². The number of nitrogens with one attached hydrogen (secondary N) is 2. The highest BCUT2D eigenvalue weighted by atomic mass is 15.0. The maximum atomic E-state index is 7.07. The van der Waals surface area contributed by atoms with Gasteiger partial charge in [-0.1, -0.05) is 0 Å². The lowest BCUT2D eigenvalue weighted by Gasteiger charge is -2.11. The van der Waals surface area contributed by atoms with Crippen LogP contribution in [-0.2, 0) is 0 Å². The summed E-state index contributed by atoms with van der Waals surface area (Å²) < 4.78 is 7.07. The van der Waals surface area contributed by atoms with Crippen molar-refractivity contribution in [3.63, 3.8) is 0 Å². The van der Waals surface area contributed by atoms with Crippen LogP contribution in [0.15, 0.2) is 0 Å². The topological polar surface area (TPSA) is 24.1 Å². The second kappa shape index (κ2) is 2.16. The van der Waals surface area contributed by atoms with Gasteiger partial charge in [-0.3, -0.25) is 0 Å². The summed E-state index contributed by atoms with van der Waals surface area (Å²) in [5.41, 5.74) is 0. The van der Waals surface area contributed by atoms with E-state index in [-0.39, 0.29) is 0 Å². The monoisotopic (exact) mass is 87.1 g/mol. The van der Waals surface area contributed by atoms with Crippen LogP contribution in [0.5, 0.6) is 0 Å². The molecule has 1 fully saturated rings. The minimum Gasteiger partial charge on any atom is -0.314 e. The van der Waals surface area contributed by atoms with Crippen LogP contribution in [0.4, 0.5) is 0 Å². The van der Waals surface area contributed by atoms with E-state index in [2.05, 4.69) is 5.32 Å². The fourth-order valence-electron chi connectivity index (χ4n) is 0.553. The standard InChI is InChI=1S/C4H10N2/c1-2-6-4-3-5-1/h5-6H,1-4H2/i/hD. The summed E-state index contributed by atoms with van der Waals surface area (Å²) in [5, 5.41) is 4.73. The molecule has 0 radical (unpaired) electrons. The van der Waals surface area contributed by atoms with Crippen LogP contribution in [0.25, 0.3) is 0 Å². The fourth-order valence-corrected chi connectivity index (χ4v) is 0.553. The Labute approximate surface area is 39.4 Å². The number of rotatable bonds is 0. The lowest BCUT2D eigenvalue weighted by atomic mass is 10.4. The first-order valence-electron chi connectivity index (χ1n) is 2.79. The Morgan fingerprint density at radius 2 is 1.83 bits per heavy atom. The molecule has 6 heavy (non-hydrogen) atoms. The molecule has 1 aliphatic rings. The van der Waals surface area contributed by atoms with E-state index < -0.39 is 0 Å². The van der Waals surface area contributed by atoms with Gasteiger partial charge >= 0.3 is 0 Å². The Kier molecular flexibility index (Phi) is 1.08. The zero-order valence-corrected chi connectivity index (χ0v) is 3.78. The van der Waals surface area contributed by atoms with Crippen molar-refractivity contribution in [2.24, 2.45) is 0 Å². The summed E-state index contributed by atoms with van der Waals surface area (Å²) in [6.07, 6.45) is 0. The molecule has 2 N–H and O–H groups in total. The van der Waals surface area contributed by atoms with Gasteiger partial charge in [-0.25, -0.2) is 0 Å². The van der Waals surface area contributed by atoms with Gasteiger partial charge in [0.05, 0.1) is 0 Å². The highest BCUT2D eigenvalue weighted by Gasteiger charge is 1.91. The Bertz CT molecular complexity index is 51.7. The molecule has 0 aromatic carbocycles. The molecule has 0 aromatic rings. The SMILES string of the molecule is [2H]N1CCNCC1. The quantitative estimate of drug-likeness (QED) is 0.403. The van der Waals surface area contributed by atoms with Gasteiger partial charge < -0.3 is 10.6 Å². The fraction of sp³-hybridized carbons (Fsp3) is 1.00. The molecular weight excluding hydrogens is 76.1 g/mol. The smallest absolute Gasteiger partial charge is 0.122 e. The molecule has 0 atom stereocenters. The van der Waals surface area contributed by atoms with Crippen LogP contribution in [-0.4, -0.2) is 26.2 Å². The van der Waals surface area contributed by atoms with Gasteiger partial charge in [0.2, 0.25) is 0 Å². The average Bonchev–Trinajstić information content (AvgIpc) is 1.69. The zero-order chi connectivity index (χ0) is 5.11. The first kappa shape index (κ1) is 2.99. The van der Waals surface area contributed by atoms with Crippen molar-refractivity contribution in [3.05, 3.63) is 0 Å². The van der Waals surface area contributed by atoms with Gasteiger partial charge in [0.25, 0.3) is 0 Å². The molecule has 36 valence electrons. The van der Waals surface area contributed by atoms with Crippen LogP contribution in [0, 0.1) is 0 Å². The van der Waals surface area contributed by atoms with Crippen molar-refractivity contribution in [2.45, 2.75) is 0 Å². The van der Waals surface area contributed by atoms with Crippen molar-refractivity contribution in [1.82, 2.24) is 10.6 Å². The molecule has 2 heteroatoms. The minimum atomic E-state index is 0.875. The van der Waals surface area contributed by atoms with Crippen molar-refractivity contribution in [3.8, 4) is 0 Å². The van der Waals surface area contributed by atoms with Crippen molar-refractivity contribution < 1.29 is 1.41 Å². The van der Waals surface area contributed by atoms with Gasteiger partial charge in [-0.2, -0.15) is 0 Å². The van der Waals surface area contributed by atoms with Gasteiger partial charge in [-0.05, 0) is 0 Å². The highest BCUT2D eigenvalue weighted by molar-refractivity contribution is 4.59. The van der Waals surface area contributed by atoms with E-state index in [4.69, 9.17) is 1.41 Å². The van der Waals surface area contributed by atoms with Gasteiger partial charge in [0, 0.05) is 26.2 Å². The molecule has 1 saturated heterocycles. The molecule has 0 spiro atoms. The predicted molar refractivity (Wildman–Crippen MR) is 25.7 cm³/mol. The van der Waals surface area contributed by atoms with Gasteiger partial charge in [0.15, 0.2) is 0 Å². The Morgan fingerprint density at radius 3 is 2.17 bits per heavy atom. The normalized spacial score (nSPS) is 29.7. The number of hydrogen-bond acceptors (Lipinski definition) is 2. The van der Waals surface area contributed by atoms with Gasteiger partial charge in [0.1, 0.15) is 1.41 Å². The summed E-state index contributed by atoms with van der Waals surface area (Å²) in [4.78, 5) is 0. The Hall–Kier alpha value is -0.0800. The third-order valence-electron chi connectivity index (χ3n) is 0.893. The molecule has 0 aromatic heterocycles. The minimum absolute atomic E-state index is 0.875. The molecule has 0 saturated carbocycles. The van der Waals surface area contributed by atoms with E-state index in [9.17, 15) is 0 Å². The lowest BCUT2D eigenvalue weighted by Crippen LogP contribution is -2.39. The van der Waals surface area contributed by atoms with Crippen molar-refractivity contribution >= 4 is 0 Å². The molecule has 0 amide bonds. The highest BCUT2D eigenvalue weighted by Crippen LogP contribution is 1.65. The van der Waals surface area contributed by atoms with E-state index in [0.29, 0.717) is 0 Å². The molecule has 2 nitrogen and oxygen atoms in total. The van der Waals surface area contributed by atoms with Crippen molar-refractivity contribution in [2.75, 3.05) is 26.2 Å². The molecule has 1 aliphatic heterocycles. The Morgan fingerprint density at radius 1 is 1.17 bits per heavy atom. The predicted octanol–water partition coefficient (Wildman–Crippen LogP) is -0.821. The Balaban J connectivity index is 2.12. The summed E-state index contributed by atoms with van der Waals surface area (Å²) in [6, 6.07) is 0. The molecule has 0 unspecified atom stereocenters. The van der Waals surface area contributed by atoms with Crippen LogP contribution in [0.2, 0.25) is 1.41 Å². The third kappa shape index (κ3) is 0.954. The molecule has 1 heterocycles. The van der Waals surface area contributed by atoms with Crippen molar-refractivity contribution in [1.29, 1.82) is 0 Å². The number of piperazine rings is 1. The second-order valence-electron chi connectivity index (χ2n) is 1.42. The first-order chi connectivity index (χ1) is 3.39. The molecule has 0 bridgehead atoms. The summed E-state index contributed by atoms with van der Waals surface area (Å²) in [7, 11) is 0. The molecule has 0 aliphatic carbocycles. The zero-order valence-electron chi connectivity index (χ0n) is 4.78. The lowest BCUT2D eigenvalue weighted by molar-refractivity contribution is 0.534. The second-order valence-corrected chi connectivity index (χ2v) is 1.42. The first-order valence-corrected chi connectivity index (χ1v) is 2.34. The maximum absolute atomic E-state index is 7.07. The van der Waals surface area contributed by atoms with E-state index >= 15 is 0 Å². The summed E-state index contributed by atoms with van der Waals surface area (Å²) in [5.74, 6) is 0. The van der Waals surface area contributed by atoms with Crippen LogP contribution in [0.3, 0.4) is 0 Å². The number of hydrogen-bond donors (Lipinski definition) is 2. The van der Waals surface area contributed by atoms with Crippen LogP contribution >= 0.6 is 0 Å². The average molecular weight is 87.1 g/mol. The van der Waals surface area contributed by atoms with E-state index in [1.54, 1.807) is 5.31 Å². The summed E-state index contributed by atoms with van der Waals surface area (Å²) in [6.45, 7) is 3.70. The third-order valence-corrected chi connectivity index (χ3v) is 0.893. The van der Waals surface area contributed by atoms with Gasteiger partial charge in [-0.15, -0.1) is 0 Å². The maximum Gasteiger partial charge on any atom is 0.122 e. The molecular formula is C4H10N2. The van der Waals surface area contributed by atoms with E-state index in [1.165, 1.54) is 0 Å². The van der Waals surface area contributed by atoms with Crippen LogP contribution < -0.4 is 10.6 Å². The van der Waals surface area contributed by atoms with Crippen LogP contribution in [0.1, 0.15) is 0 Å². The summed E-state index contributed by atoms with van der Waals surface area (Å²) >= 11 is 0. The largest absolute Gasteiger partial charge is 0.314 e. The van der Waals surface area contributed by atoms with E-state index in [0.717, 1.165) is 26.2 Å². The molecule has 1 rings (SSSR count).